The quantitative estimate of drug-likeness (QED) is 0.723. The van der Waals surface area contributed by atoms with Crippen molar-refractivity contribution in [1.82, 2.24) is 13.6 Å². The Labute approximate surface area is 156 Å². The molecule has 8 nitrogen and oxygen atoms in total. The van der Waals surface area contributed by atoms with Crippen LogP contribution < -0.4 is 4.74 Å². The van der Waals surface area contributed by atoms with E-state index in [-0.39, 0.29) is 13.2 Å². The molecule has 1 amide bonds. The fourth-order valence-corrected chi connectivity index (χ4v) is 4.25. The van der Waals surface area contributed by atoms with Gasteiger partial charge in [0.1, 0.15) is 18.2 Å². The number of pyridine rings is 1. The number of aryl methyl sites for hydroxylation is 1. The van der Waals surface area contributed by atoms with Crippen LogP contribution in [0.5, 0.6) is 5.88 Å². The highest BCUT2D eigenvalue weighted by Gasteiger charge is 2.47. The van der Waals surface area contributed by atoms with Crippen molar-refractivity contribution in [2.24, 2.45) is 0 Å². The number of carbonyl (C=O) groups excluding carboxylic acids is 1. The lowest BCUT2D eigenvalue weighted by atomic mass is 10.2. The molecular formula is C15H22BrN3O5S. The van der Waals surface area contributed by atoms with Gasteiger partial charge in [-0.2, -0.15) is 17.0 Å². The van der Waals surface area contributed by atoms with Crippen molar-refractivity contribution in [3.63, 3.8) is 0 Å². The lowest BCUT2D eigenvalue weighted by molar-refractivity contribution is 0.0328. The third-order valence-corrected chi connectivity index (χ3v) is 5.82. The zero-order valence-corrected chi connectivity index (χ0v) is 17.2. The predicted octanol–water partition coefficient (Wildman–Crippen LogP) is 2.33. The average molecular weight is 436 g/mol. The van der Waals surface area contributed by atoms with Crippen LogP contribution in [-0.4, -0.2) is 59.9 Å². The first-order chi connectivity index (χ1) is 11.4. The Balaban J connectivity index is 2.18. The molecule has 1 aromatic heterocycles. The number of carbonyl (C=O) groups is 1. The fraction of sp³-hybridized carbons (Fsp3) is 0.600. The zero-order valence-electron chi connectivity index (χ0n) is 14.8. The van der Waals surface area contributed by atoms with Crippen molar-refractivity contribution in [2.75, 3.05) is 20.2 Å². The Morgan fingerprint density at radius 2 is 2.08 bits per heavy atom. The highest BCUT2D eigenvalue weighted by Crippen LogP contribution is 2.27. The molecule has 140 valence electrons. The second-order valence-corrected chi connectivity index (χ2v) is 9.60. The standard InChI is InChI=1S/C15H22BrN3O5S/c1-10-6-12(16)13(17-7-10)23-9-11-8-18(5)25(21,22)19(11)14(20)24-15(2,3)4/h6-7,11H,8-9H2,1-5H3/t11-/m0/s1. The number of hydrogen-bond donors (Lipinski definition) is 0. The van der Waals surface area contributed by atoms with Gasteiger partial charge < -0.3 is 9.47 Å². The largest absolute Gasteiger partial charge is 0.475 e. The molecule has 2 heterocycles. The number of ether oxygens (including phenoxy) is 2. The molecule has 1 aliphatic rings. The van der Waals surface area contributed by atoms with E-state index < -0.39 is 27.9 Å². The monoisotopic (exact) mass is 435 g/mol. The topological polar surface area (TPSA) is 89.0 Å². The fourth-order valence-electron chi connectivity index (χ4n) is 2.28. The molecule has 0 radical (unpaired) electrons. The van der Waals surface area contributed by atoms with Gasteiger partial charge in [-0.15, -0.1) is 0 Å². The van der Waals surface area contributed by atoms with Crippen LogP contribution in [0.3, 0.4) is 0 Å². The van der Waals surface area contributed by atoms with E-state index in [1.54, 1.807) is 27.0 Å². The molecule has 1 fully saturated rings. The molecule has 0 saturated carbocycles. The molecule has 0 bridgehead atoms. The number of nitrogens with zero attached hydrogens (tertiary/aromatic N) is 3. The molecule has 0 aromatic carbocycles. The van der Waals surface area contributed by atoms with E-state index in [2.05, 4.69) is 20.9 Å². The first kappa shape index (κ1) is 19.9. The molecule has 1 aliphatic heterocycles. The number of rotatable bonds is 3. The van der Waals surface area contributed by atoms with Crippen molar-refractivity contribution < 1.29 is 22.7 Å². The van der Waals surface area contributed by atoms with E-state index >= 15 is 0 Å². The summed E-state index contributed by atoms with van der Waals surface area (Å²) in [5.74, 6) is 0.335. The van der Waals surface area contributed by atoms with Crippen LogP contribution in [0.25, 0.3) is 0 Å². The minimum absolute atomic E-state index is 0.0303. The number of amides is 1. The average Bonchev–Trinajstić information content (AvgIpc) is 2.66. The molecule has 0 spiro atoms. The van der Waals surface area contributed by atoms with Crippen molar-refractivity contribution in [3.8, 4) is 5.88 Å². The molecule has 1 atom stereocenters. The Hall–Kier alpha value is -1.39. The number of likely N-dealkylation sites (N-methyl/N-ethyl adjacent to an activating group) is 1. The number of aromatic nitrogens is 1. The van der Waals surface area contributed by atoms with Crippen LogP contribution in [0.1, 0.15) is 26.3 Å². The molecule has 0 aliphatic carbocycles. The van der Waals surface area contributed by atoms with Crippen LogP contribution >= 0.6 is 15.9 Å². The molecule has 2 rings (SSSR count). The second-order valence-electron chi connectivity index (χ2n) is 6.83. The summed E-state index contributed by atoms with van der Waals surface area (Å²) in [6, 6.07) is 1.13. The van der Waals surface area contributed by atoms with Gasteiger partial charge in [-0.05, 0) is 55.3 Å². The predicted molar refractivity (Wildman–Crippen MR) is 95.6 cm³/mol. The Morgan fingerprint density at radius 1 is 1.44 bits per heavy atom. The van der Waals surface area contributed by atoms with Crippen molar-refractivity contribution in [2.45, 2.75) is 39.3 Å². The zero-order chi connectivity index (χ0) is 19.0. The van der Waals surface area contributed by atoms with Gasteiger partial charge in [0, 0.05) is 19.8 Å². The Kier molecular flexibility index (Phi) is 5.65. The first-order valence-corrected chi connectivity index (χ1v) is 9.84. The van der Waals surface area contributed by atoms with Gasteiger partial charge in [0.15, 0.2) is 0 Å². The maximum absolute atomic E-state index is 12.4. The Bertz CT molecular complexity index is 763. The summed E-state index contributed by atoms with van der Waals surface area (Å²) >= 11 is 3.35. The van der Waals surface area contributed by atoms with Crippen LogP contribution in [0, 0.1) is 6.92 Å². The van der Waals surface area contributed by atoms with Gasteiger partial charge in [-0.1, -0.05) is 0 Å². The van der Waals surface area contributed by atoms with Gasteiger partial charge in [0.2, 0.25) is 5.88 Å². The van der Waals surface area contributed by atoms with Crippen LogP contribution in [0.2, 0.25) is 0 Å². The summed E-state index contributed by atoms with van der Waals surface area (Å²) in [5, 5.41) is 0. The first-order valence-electron chi connectivity index (χ1n) is 7.65. The smallest absolute Gasteiger partial charge is 0.425 e. The third kappa shape index (κ3) is 4.62. The summed E-state index contributed by atoms with van der Waals surface area (Å²) in [6.07, 6.45) is 0.727. The number of halogens is 1. The maximum atomic E-state index is 12.4. The summed E-state index contributed by atoms with van der Waals surface area (Å²) in [6.45, 7) is 7.01. The molecular weight excluding hydrogens is 414 g/mol. The van der Waals surface area contributed by atoms with E-state index in [1.807, 2.05) is 13.0 Å². The van der Waals surface area contributed by atoms with Crippen LogP contribution in [-0.2, 0) is 14.9 Å². The van der Waals surface area contributed by atoms with E-state index in [1.165, 1.54) is 7.05 Å². The molecule has 0 unspecified atom stereocenters. The second kappa shape index (κ2) is 7.08. The summed E-state index contributed by atoms with van der Waals surface area (Å²) < 4.78 is 38.2. The lowest BCUT2D eigenvalue weighted by Crippen LogP contribution is -2.45. The van der Waals surface area contributed by atoms with Crippen molar-refractivity contribution in [1.29, 1.82) is 0 Å². The van der Waals surface area contributed by atoms with Crippen LogP contribution in [0.15, 0.2) is 16.7 Å². The molecule has 10 heteroatoms. The van der Waals surface area contributed by atoms with E-state index in [0.29, 0.717) is 10.4 Å². The summed E-state index contributed by atoms with van der Waals surface area (Å²) in [4.78, 5) is 16.5. The normalized spacial score (nSPS) is 20.6. The van der Waals surface area contributed by atoms with Crippen molar-refractivity contribution in [3.05, 3.63) is 22.3 Å². The van der Waals surface area contributed by atoms with Crippen LogP contribution in [0.4, 0.5) is 4.79 Å². The number of hydrogen-bond acceptors (Lipinski definition) is 6. The van der Waals surface area contributed by atoms with Gasteiger partial charge in [0.25, 0.3) is 0 Å². The third-order valence-electron chi connectivity index (χ3n) is 3.37. The van der Waals surface area contributed by atoms with Gasteiger partial charge in [0.05, 0.1) is 4.47 Å². The van der Waals surface area contributed by atoms with Gasteiger partial charge in [-0.25, -0.2) is 9.78 Å². The van der Waals surface area contributed by atoms with Gasteiger partial charge in [-0.3, -0.25) is 0 Å². The minimum Gasteiger partial charge on any atom is -0.475 e. The molecule has 1 saturated heterocycles. The van der Waals surface area contributed by atoms with E-state index in [0.717, 1.165) is 14.2 Å². The molecule has 1 aromatic rings. The SMILES string of the molecule is Cc1cnc(OC[C@@H]2CN(C)S(=O)(=O)N2C(=O)OC(C)(C)C)c(Br)c1. The van der Waals surface area contributed by atoms with Crippen molar-refractivity contribution >= 4 is 32.2 Å². The molecule has 25 heavy (non-hydrogen) atoms. The highest BCUT2D eigenvalue weighted by atomic mass is 79.9. The summed E-state index contributed by atoms with van der Waals surface area (Å²) in [7, 11) is -2.52. The van der Waals surface area contributed by atoms with Gasteiger partial charge >= 0.3 is 16.3 Å². The maximum Gasteiger partial charge on any atom is 0.425 e. The summed E-state index contributed by atoms with van der Waals surface area (Å²) in [5.41, 5.74) is 0.151. The minimum atomic E-state index is -3.93. The molecule has 0 N–H and O–H groups in total. The highest BCUT2D eigenvalue weighted by molar-refractivity contribution is 9.10. The van der Waals surface area contributed by atoms with E-state index in [9.17, 15) is 13.2 Å². The van der Waals surface area contributed by atoms with E-state index in [4.69, 9.17) is 9.47 Å². The lowest BCUT2D eigenvalue weighted by Gasteiger charge is -2.26. The Morgan fingerprint density at radius 3 is 2.64 bits per heavy atom.